The van der Waals surface area contributed by atoms with Gasteiger partial charge in [-0.25, -0.2) is 0 Å². The molecule has 1 saturated heterocycles. The normalized spacial score (nSPS) is 28.7. The Bertz CT molecular complexity index is 215. The molecule has 2 atom stereocenters. The lowest BCUT2D eigenvalue weighted by Gasteiger charge is -2.39. The summed E-state index contributed by atoms with van der Waals surface area (Å²) in [6.45, 7) is 4.18. The van der Waals surface area contributed by atoms with Gasteiger partial charge >= 0.3 is 5.97 Å². The molecule has 15 heavy (non-hydrogen) atoms. The zero-order valence-corrected chi connectivity index (χ0v) is 11.6. The quantitative estimate of drug-likeness (QED) is 0.759. The summed E-state index contributed by atoms with van der Waals surface area (Å²) in [4.78, 5) is 11.3. The van der Waals surface area contributed by atoms with E-state index in [1.807, 2.05) is 10.8 Å². The molecule has 0 radical (unpaired) electrons. The molecule has 0 saturated carbocycles. The second-order valence-electron chi connectivity index (χ2n) is 3.82. The summed E-state index contributed by atoms with van der Waals surface area (Å²) in [7, 11) is 5.40. The van der Waals surface area contributed by atoms with Crippen LogP contribution in [0.1, 0.15) is 39.5 Å². The Morgan fingerprint density at radius 1 is 1.53 bits per heavy atom. The number of aliphatic carboxylic acids is 1. The van der Waals surface area contributed by atoms with Crippen LogP contribution in [0, 0.1) is 5.92 Å². The monoisotopic (exact) mass is 266 g/mol. The second-order valence-corrected chi connectivity index (χ2v) is 8.42. The van der Waals surface area contributed by atoms with E-state index in [1.165, 1.54) is 0 Å². The van der Waals surface area contributed by atoms with Crippen LogP contribution < -0.4 is 0 Å². The largest absolute Gasteiger partial charge is 0.481 e. The molecule has 5 heteroatoms. The number of hydrogen-bond donors (Lipinski definition) is 1. The maximum absolute atomic E-state index is 11.3. The predicted octanol–water partition coefficient (Wildman–Crippen LogP) is 4.07. The highest BCUT2D eigenvalue weighted by Crippen LogP contribution is 2.56. The Morgan fingerprint density at radius 2 is 2.27 bits per heavy atom. The first-order valence-corrected chi connectivity index (χ1v) is 9.01. The van der Waals surface area contributed by atoms with Crippen molar-refractivity contribution < 1.29 is 9.90 Å². The number of carboxylic acid groups (broad SMARTS) is 1. The van der Waals surface area contributed by atoms with Crippen molar-refractivity contribution in [1.82, 2.24) is 0 Å². The van der Waals surface area contributed by atoms with E-state index in [2.05, 4.69) is 13.8 Å². The van der Waals surface area contributed by atoms with E-state index < -0.39 is 5.97 Å². The number of rotatable bonds is 5. The fraction of sp³-hybridized carbons (Fsp3) is 0.900. The van der Waals surface area contributed by atoms with E-state index in [1.54, 1.807) is 20.6 Å². The van der Waals surface area contributed by atoms with Crippen molar-refractivity contribution in [3.63, 3.8) is 0 Å². The molecule has 0 spiro atoms. The first-order chi connectivity index (χ1) is 7.16. The lowest BCUT2D eigenvalue weighted by molar-refractivity contribution is -0.143. The SMILES string of the molecule is CCCC(C(=O)O)C1(CC)CCSSS1. The summed E-state index contributed by atoms with van der Waals surface area (Å²) in [6, 6.07) is 0. The highest BCUT2D eigenvalue weighted by molar-refractivity contribution is 9.09. The van der Waals surface area contributed by atoms with Gasteiger partial charge in [-0.15, -0.1) is 0 Å². The molecule has 1 aliphatic heterocycles. The van der Waals surface area contributed by atoms with Crippen molar-refractivity contribution >= 4 is 37.4 Å². The van der Waals surface area contributed by atoms with Crippen molar-refractivity contribution in [1.29, 1.82) is 0 Å². The third-order valence-electron chi connectivity index (χ3n) is 2.97. The molecule has 0 aromatic carbocycles. The van der Waals surface area contributed by atoms with Gasteiger partial charge in [-0.2, -0.15) is 0 Å². The van der Waals surface area contributed by atoms with E-state index in [0.717, 1.165) is 31.4 Å². The highest BCUT2D eigenvalue weighted by Gasteiger charge is 2.43. The van der Waals surface area contributed by atoms with E-state index in [-0.39, 0.29) is 10.7 Å². The zero-order chi connectivity index (χ0) is 11.3. The average Bonchev–Trinajstić information content (AvgIpc) is 2.26. The number of hydrogen-bond acceptors (Lipinski definition) is 4. The van der Waals surface area contributed by atoms with Crippen LogP contribution in [-0.4, -0.2) is 21.6 Å². The van der Waals surface area contributed by atoms with Gasteiger partial charge in [-0.05, 0) is 29.1 Å². The summed E-state index contributed by atoms with van der Waals surface area (Å²) < 4.78 is -0.0300. The van der Waals surface area contributed by atoms with Gasteiger partial charge in [-0.1, -0.05) is 41.9 Å². The lowest BCUT2D eigenvalue weighted by Crippen LogP contribution is -2.40. The molecule has 0 aromatic rings. The van der Waals surface area contributed by atoms with Crippen molar-refractivity contribution in [2.75, 3.05) is 5.75 Å². The van der Waals surface area contributed by atoms with Crippen LogP contribution in [0.5, 0.6) is 0 Å². The summed E-state index contributed by atoms with van der Waals surface area (Å²) in [5.41, 5.74) is 0. The van der Waals surface area contributed by atoms with Gasteiger partial charge in [0.1, 0.15) is 0 Å². The Hall–Kier alpha value is 0.520. The molecule has 1 heterocycles. The topological polar surface area (TPSA) is 37.3 Å². The molecule has 0 amide bonds. The van der Waals surface area contributed by atoms with E-state index >= 15 is 0 Å². The molecule has 0 aliphatic carbocycles. The van der Waals surface area contributed by atoms with Gasteiger partial charge in [0, 0.05) is 10.5 Å². The zero-order valence-electron chi connectivity index (χ0n) is 9.19. The Balaban J connectivity index is 2.79. The van der Waals surface area contributed by atoms with Gasteiger partial charge in [-0.3, -0.25) is 4.79 Å². The second kappa shape index (κ2) is 6.30. The van der Waals surface area contributed by atoms with Crippen LogP contribution >= 0.6 is 31.4 Å². The maximum Gasteiger partial charge on any atom is 0.307 e. The highest BCUT2D eigenvalue weighted by atomic mass is 33.5. The minimum Gasteiger partial charge on any atom is -0.481 e. The van der Waals surface area contributed by atoms with Crippen molar-refractivity contribution in [2.24, 2.45) is 5.92 Å². The maximum atomic E-state index is 11.3. The number of carbonyl (C=O) groups is 1. The van der Waals surface area contributed by atoms with Crippen LogP contribution in [-0.2, 0) is 4.79 Å². The van der Waals surface area contributed by atoms with Crippen molar-refractivity contribution in [3.8, 4) is 0 Å². The molecule has 88 valence electrons. The molecule has 1 rings (SSSR count). The molecule has 1 aliphatic rings. The van der Waals surface area contributed by atoms with Crippen molar-refractivity contribution in [3.05, 3.63) is 0 Å². The third-order valence-corrected chi connectivity index (χ3v) is 8.08. The fourth-order valence-electron chi connectivity index (χ4n) is 2.00. The van der Waals surface area contributed by atoms with E-state index in [4.69, 9.17) is 0 Å². The smallest absolute Gasteiger partial charge is 0.307 e. The molecule has 1 fully saturated rings. The lowest BCUT2D eigenvalue weighted by atomic mass is 9.83. The average molecular weight is 266 g/mol. The molecule has 2 unspecified atom stereocenters. The predicted molar refractivity (Wildman–Crippen MR) is 71.3 cm³/mol. The molecule has 2 nitrogen and oxygen atoms in total. The van der Waals surface area contributed by atoms with Crippen LogP contribution in [0.15, 0.2) is 0 Å². The van der Waals surface area contributed by atoms with Crippen LogP contribution in [0.25, 0.3) is 0 Å². The van der Waals surface area contributed by atoms with Gasteiger partial charge in [0.15, 0.2) is 0 Å². The summed E-state index contributed by atoms with van der Waals surface area (Å²) in [5.74, 6) is 0.295. The molecule has 1 N–H and O–H groups in total. The molecule has 0 aromatic heterocycles. The fourth-order valence-corrected chi connectivity index (χ4v) is 7.69. The van der Waals surface area contributed by atoms with Crippen LogP contribution in [0.3, 0.4) is 0 Å². The summed E-state index contributed by atoms with van der Waals surface area (Å²) >= 11 is 0. The molecular weight excluding hydrogens is 248 g/mol. The van der Waals surface area contributed by atoms with Gasteiger partial charge in [0.2, 0.25) is 0 Å². The minimum atomic E-state index is -0.612. The van der Waals surface area contributed by atoms with Gasteiger partial charge < -0.3 is 5.11 Å². The van der Waals surface area contributed by atoms with E-state index in [0.29, 0.717) is 0 Å². The van der Waals surface area contributed by atoms with Crippen molar-refractivity contribution in [2.45, 2.75) is 44.3 Å². The summed E-state index contributed by atoms with van der Waals surface area (Å²) in [6.07, 6.45) is 3.75. The van der Waals surface area contributed by atoms with Gasteiger partial charge in [0.05, 0.1) is 5.92 Å². The first-order valence-electron chi connectivity index (χ1n) is 5.36. The third kappa shape index (κ3) is 3.24. The Kier molecular flexibility index (Phi) is 5.71. The van der Waals surface area contributed by atoms with Crippen LogP contribution in [0.2, 0.25) is 0 Å². The molecular formula is C10H18O2S3. The first kappa shape index (κ1) is 13.6. The number of carboxylic acids is 1. The summed E-state index contributed by atoms with van der Waals surface area (Å²) in [5, 5.41) is 9.32. The minimum absolute atomic E-state index is 0.0300. The van der Waals surface area contributed by atoms with Gasteiger partial charge in [0.25, 0.3) is 0 Å². The Labute approximate surface area is 103 Å². The van der Waals surface area contributed by atoms with Crippen LogP contribution in [0.4, 0.5) is 0 Å². The standard InChI is InChI=1S/C10H18O2S3/c1-3-5-8(9(11)12)10(4-2)6-7-13-15-14-10/h8H,3-7H2,1-2H3,(H,11,12). The molecule has 0 bridgehead atoms. The Morgan fingerprint density at radius 3 is 2.67 bits per heavy atom. The van der Waals surface area contributed by atoms with E-state index in [9.17, 15) is 9.90 Å².